The van der Waals surface area contributed by atoms with Crippen molar-refractivity contribution in [2.24, 2.45) is 0 Å². The number of methoxy groups -OCH3 is 1. The van der Waals surface area contributed by atoms with Crippen molar-refractivity contribution in [1.82, 2.24) is 4.98 Å². The summed E-state index contributed by atoms with van der Waals surface area (Å²) in [6.07, 6.45) is 1.63. The summed E-state index contributed by atoms with van der Waals surface area (Å²) < 4.78 is 5.26. The summed E-state index contributed by atoms with van der Waals surface area (Å²) in [6.45, 7) is -0.170. The fourth-order valence-corrected chi connectivity index (χ4v) is 2.58. The summed E-state index contributed by atoms with van der Waals surface area (Å²) in [4.78, 5) is 4.24. The van der Waals surface area contributed by atoms with E-state index in [1.54, 1.807) is 25.1 Å². The summed E-state index contributed by atoms with van der Waals surface area (Å²) in [5, 5.41) is 10.3. The molecule has 0 fully saturated rings. The lowest BCUT2D eigenvalue weighted by atomic mass is 10.1. The number of aliphatic hydroxyl groups is 1. The van der Waals surface area contributed by atoms with Gasteiger partial charge in [-0.3, -0.25) is 0 Å². The molecular weight excluding hydrogens is 306 g/mol. The number of aromatic nitrogens is 1. The molecule has 108 valence electrons. The first-order chi connectivity index (χ1) is 10.2. The van der Waals surface area contributed by atoms with Crippen LogP contribution in [0.5, 0.6) is 5.75 Å². The Hall–Kier alpha value is -1.67. The topological polar surface area (TPSA) is 42.4 Å². The Kier molecular flexibility index (Phi) is 5.94. The van der Waals surface area contributed by atoms with Crippen molar-refractivity contribution in [2.75, 3.05) is 13.7 Å². The molecule has 0 aliphatic rings. The standard InChI is InChI=1S/C16H14ClNO2S/c1-20-15-6-4-12(9-13(15)3-2-8-19)11-21-16-7-5-14(17)10-18-16/h4-7,9-10,19H,8,11H2,1H3. The Morgan fingerprint density at radius 1 is 1.33 bits per heavy atom. The van der Waals surface area contributed by atoms with Crippen LogP contribution in [0.1, 0.15) is 11.1 Å². The number of halogens is 1. The highest BCUT2D eigenvalue weighted by Crippen LogP contribution is 2.25. The van der Waals surface area contributed by atoms with E-state index >= 15 is 0 Å². The third-order valence-electron chi connectivity index (χ3n) is 2.65. The van der Waals surface area contributed by atoms with Crippen LogP contribution in [0.2, 0.25) is 5.02 Å². The lowest BCUT2D eigenvalue weighted by Crippen LogP contribution is -1.91. The summed E-state index contributed by atoms with van der Waals surface area (Å²) in [5.74, 6) is 7.00. The van der Waals surface area contributed by atoms with Gasteiger partial charge in [0.2, 0.25) is 0 Å². The van der Waals surface area contributed by atoms with Gasteiger partial charge in [-0.25, -0.2) is 4.98 Å². The molecule has 0 saturated carbocycles. The van der Waals surface area contributed by atoms with E-state index in [1.807, 2.05) is 30.3 Å². The molecule has 0 aliphatic heterocycles. The van der Waals surface area contributed by atoms with Gasteiger partial charge in [-0.2, -0.15) is 0 Å². The first-order valence-corrected chi connectivity index (χ1v) is 7.60. The van der Waals surface area contributed by atoms with Crippen LogP contribution in [0.25, 0.3) is 0 Å². The maximum absolute atomic E-state index is 8.80. The number of thioether (sulfide) groups is 1. The first-order valence-electron chi connectivity index (χ1n) is 6.24. The van der Waals surface area contributed by atoms with Gasteiger partial charge in [0.25, 0.3) is 0 Å². The SMILES string of the molecule is COc1ccc(CSc2ccc(Cl)cn2)cc1C#CCO. The number of hydrogen-bond donors (Lipinski definition) is 1. The summed E-state index contributed by atoms with van der Waals surface area (Å²) >= 11 is 7.43. The largest absolute Gasteiger partial charge is 0.495 e. The Bertz CT molecular complexity index is 662. The molecule has 0 aliphatic carbocycles. The fourth-order valence-electron chi connectivity index (χ4n) is 1.68. The summed E-state index contributed by atoms with van der Waals surface area (Å²) in [6, 6.07) is 9.55. The van der Waals surface area contributed by atoms with Crippen molar-refractivity contribution >= 4 is 23.4 Å². The molecular formula is C16H14ClNO2S. The van der Waals surface area contributed by atoms with Crippen LogP contribution in [0, 0.1) is 11.8 Å². The van der Waals surface area contributed by atoms with Crippen LogP contribution in [-0.4, -0.2) is 23.8 Å². The molecule has 1 aromatic carbocycles. The molecule has 0 bridgehead atoms. The van der Waals surface area contributed by atoms with E-state index in [0.29, 0.717) is 10.8 Å². The lowest BCUT2D eigenvalue weighted by molar-refractivity contribution is 0.350. The van der Waals surface area contributed by atoms with E-state index in [9.17, 15) is 0 Å². The highest BCUT2D eigenvalue weighted by molar-refractivity contribution is 7.98. The zero-order valence-electron chi connectivity index (χ0n) is 11.5. The monoisotopic (exact) mass is 319 g/mol. The number of pyridine rings is 1. The Morgan fingerprint density at radius 2 is 2.19 bits per heavy atom. The van der Waals surface area contributed by atoms with Gasteiger partial charge in [-0.1, -0.05) is 29.5 Å². The van der Waals surface area contributed by atoms with Crippen LogP contribution >= 0.6 is 23.4 Å². The molecule has 0 unspecified atom stereocenters. The number of benzene rings is 1. The van der Waals surface area contributed by atoms with Gasteiger partial charge in [-0.05, 0) is 29.8 Å². The number of rotatable bonds is 4. The Balaban J connectivity index is 2.11. The molecule has 0 radical (unpaired) electrons. The maximum Gasteiger partial charge on any atom is 0.134 e. The van der Waals surface area contributed by atoms with E-state index in [1.165, 1.54) is 0 Å². The minimum atomic E-state index is -0.170. The lowest BCUT2D eigenvalue weighted by Gasteiger charge is -2.06. The predicted molar refractivity (Wildman–Crippen MR) is 85.8 cm³/mol. The van der Waals surface area contributed by atoms with Crippen molar-refractivity contribution in [3.63, 3.8) is 0 Å². The van der Waals surface area contributed by atoms with Gasteiger partial charge in [-0.15, -0.1) is 11.8 Å². The van der Waals surface area contributed by atoms with Gasteiger partial charge in [0.05, 0.1) is 22.7 Å². The van der Waals surface area contributed by atoms with Crippen molar-refractivity contribution in [2.45, 2.75) is 10.8 Å². The molecule has 1 N–H and O–H groups in total. The van der Waals surface area contributed by atoms with E-state index in [2.05, 4.69) is 16.8 Å². The van der Waals surface area contributed by atoms with Crippen molar-refractivity contribution < 1.29 is 9.84 Å². The van der Waals surface area contributed by atoms with Crippen molar-refractivity contribution in [3.8, 4) is 17.6 Å². The zero-order valence-corrected chi connectivity index (χ0v) is 13.0. The van der Waals surface area contributed by atoms with E-state index < -0.39 is 0 Å². The summed E-state index contributed by atoms with van der Waals surface area (Å²) in [5.41, 5.74) is 1.88. The maximum atomic E-state index is 8.80. The van der Waals surface area contributed by atoms with Gasteiger partial charge in [0.1, 0.15) is 12.4 Å². The second-order valence-corrected chi connectivity index (χ2v) is 5.53. The van der Waals surface area contributed by atoms with E-state index in [-0.39, 0.29) is 6.61 Å². The average Bonchev–Trinajstić information content (AvgIpc) is 2.52. The first kappa shape index (κ1) is 15.7. The van der Waals surface area contributed by atoms with Gasteiger partial charge >= 0.3 is 0 Å². The number of aliphatic hydroxyl groups excluding tert-OH is 1. The second-order valence-electron chi connectivity index (χ2n) is 4.10. The molecule has 0 saturated heterocycles. The van der Waals surface area contributed by atoms with Crippen molar-refractivity contribution in [1.29, 1.82) is 0 Å². The highest BCUT2D eigenvalue weighted by atomic mass is 35.5. The van der Waals surface area contributed by atoms with Crippen LogP contribution < -0.4 is 4.74 Å². The Labute approximate surface area is 133 Å². The molecule has 21 heavy (non-hydrogen) atoms. The predicted octanol–water partition coefficient (Wildman–Crippen LogP) is 3.38. The Morgan fingerprint density at radius 3 is 2.86 bits per heavy atom. The van der Waals surface area contributed by atoms with Crippen LogP contribution in [0.15, 0.2) is 41.6 Å². The molecule has 0 atom stereocenters. The second kappa shape index (κ2) is 7.94. The zero-order chi connectivity index (χ0) is 15.1. The van der Waals surface area contributed by atoms with Gasteiger partial charge in [0, 0.05) is 11.9 Å². The molecule has 3 nitrogen and oxygen atoms in total. The molecule has 2 rings (SSSR count). The molecule has 1 aromatic heterocycles. The normalized spacial score (nSPS) is 9.86. The quantitative estimate of drug-likeness (QED) is 0.693. The van der Waals surface area contributed by atoms with Crippen LogP contribution in [0.3, 0.4) is 0 Å². The van der Waals surface area contributed by atoms with Gasteiger partial charge < -0.3 is 9.84 Å². The third-order valence-corrected chi connectivity index (χ3v) is 3.89. The molecule has 5 heteroatoms. The summed E-state index contributed by atoms with van der Waals surface area (Å²) in [7, 11) is 1.60. The average molecular weight is 320 g/mol. The molecule has 0 amide bonds. The number of nitrogens with zero attached hydrogens (tertiary/aromatic N) is 1. The minimum absolute atomic E-state index is 0.170. The highest BCUT2D eigenvalue weighted by Gasteiger charge is 2.04. The number of ether oxygens (including phenoxy) is 1. The minimum Gasteiger partial charge on any atom is -0.495 e. The number of hydrogen-bond acceptors (Lipinski definition) is 4. The molecule has 1 heterocycles. The smallest absolute Gasteiger partial charge is 0.134 e. The third kappa shape index (κ3) is 4.68. The van der Waals surface area contributed by atoms with Gasteiger partial charge in [0.15, 0.2) is 0 Å². The van der Waals surface area contributed by atoms with E-state index in [0.717, 1.165) is 21.9 Å². The molecule has 0 spiro atoms. The fraction of sp³-hybridized carbons (Fsp3) is 0.188. The van der Waals surface area contributed by atoms with Crippen LogP contribution in [-0.2, 0) is 5.75 Å². The van der Waals surface area contributed by atoms with Crippen LogP contribution in [0.4, 0.5) is 0 Å². The molecule has 2 aromatic rings. The van der Waals surface area contributed by atoms with Crippen molar-refractivity contribution in [3.05, 3.63) is 52.7 Å². The van der Waals surface area contributed by atoms with E-state index in [4.69, 9.17) is 21.4 Å².